The van der Waals surface area contributed by atoms with Crippen LogP contribution in [-0.4, -0.2) is 39.8 Å². The number of aliphatic hydroxyl groups is 1. The van der Waals surface area contributed by atoms with E-state index in [1.165, 1.54) is 0 Å². The Hall–Kier alpha value is -3.39. The molecule has 4 aromatic rings. The second-order valence-corrected chi connectivity index (χ2v) is 10.0. The number of primary amides is 1. The van der Waals surface area contributed by atoms with Crippen molar-refractivity contribution in [2.24, 2.45) is 12.8 Å². The average molecular weight is 556 g/mol. The van der Waals surface area contributed by atoms with Gasteiger partial charge in [0.15, 0.2) is 0 Å². The molecule has 0 spiro atoms. The maximum absolute atomic E-state index is 12.8. The van der Waals surface area contributed by atoms with E-state index in [-0.39, 0.29) is 12.0 Å². The third kappa shape index (κ3) is 7.34. The lowest BCUT2D eigenvalue weighted by atomic mass is 9.86. The summed E-state index contributed by atoms with van der Waals surface area (Å²) < 4.78 is 1.66. The number of aryl methyl sites for hydroxylation is 1. The quantitative estimate of drug-likeness (QED) is 0.350. The summed E-state index contributed by atoms with van der Waals surface area (Å²) >= 11 is 12.2. The van der Waals surface area contributed by atoms with Gasteiger partial charge in [-0.25, -0.2) is 0 Å². The van der Waals surface area contributed by atoms with Crippen LogP contribution in [0.2, 0.25) is 10.0 Å². The van der Waals surface area contributed by atoms with Crippen molar-refractivity contribution >= 4 is 46.2 Å². The molecule has 1 fully saturated rings. The van der Waals surface area contributed by atoms with E-state index in [4.69, 9.17) is 28.0 Å². The van der Waals surface area contributed by atoms with Crippen LogP contribution in [0.3, 0.4) is 0 Å². The van der Waals surface area contributed by atoms with Crippen molar-refractivity contribution in [3.05, 3.63) is 105 Å². The summed E-state index contributed by atoms with van der Waals surface area (Å²) in [5.41, 5.74) is 6.63. The number of nitrogens with two attached hydrogens (primary N) is 1. The zero-order valence-corrected chi connectivity index (χ0v) is 23.0. The van der Waals surface area contributed by atoms with Crippen LogP contribution in [0, 0.1) is 6.92 Å². The Bertz CT molecular complexity index is 1380. The van der Waals surface area contributed by atoms with E-state index >= 15 is 0 Å². The number of fused-ring (bicyclic) bond motifs is 1. The van der Waals surface area contributed by atoms with Crippen molar-refractivity contribution in [3.63, 3.8) is 0 Å². The van der Waals surface area contributed by atoms with Gasteiger partial charge in [0, 0.05) is 54.4 Å². The number of anilines is 1. The van der Waals surface area contributed by atoms with Gasteiger partial charge in [-0.2, -0.15) is 0 Å². The summed E-state index contributed by atoms with van der Waals surface area (Å²) in [5.74, 6) is 0. The van der Waals surface area contributed by atoms with Crippen molar-refractivity contribution in [3.8, 4) is 0 Å². The van der Waals surface area contributed by atoms with Gasteiger partial charge >= 0.3 is 0 Å². The molecule has 200 valence electrons. The van der Waals surface area contributed by atoms with Crippen LogP contribution < -0.4 is 16.2 Å². The number of hydrogen-bond donors (Lipinski definition) is 2. The third-order valence-electron chi connectivity index (χ3n) is 6.53. The summed E-state index contributed by atoms with van der Waals surface area (Å²) in [6.45, 7) is 3.16. The van der Waals surface area contributed by atoms with Gasteiger partial charge in [-0.05, 0) is 50.1 Å². The fraction of sp³-hybridized carbons (Fsp3) is 0.276. The van der Waals surface area contributed by atoms with E-state index < -0.39 is 5.60 Å². The Balaban J connectivity index is 0.000000380. The Morgan fingerprint density at radius 2 is 1.58 bits per heavy atom. The second kappa shape index (κ2) is 13.4. The highest BCUT2D eigenvalue weighted by Crippen LogP contribution is 2.35. The lowest BCUT2D eigenvalue weighted by molar-refractivity contribution is -0.106. The lowest BCUT2D eigenvalue weighted by Crippen LogP contribution is -2.46. The van der Waals surface area contributed by atoms with Gasteiger partial charge in [0.25, 0.3) is 5.56 Å². The normalized spacial score (nSPS) is 14.1. The predicted octanol–water partition coefficient (Wildman–Crippen LogP) is 4.91. The molecular formula is C29H32Cl2N4O3. The Labute approximate surface area is 232 Å². The molecule has 0 atom stereocenters. The van der Waals surface area contributed by atoms with Crippen molar-refractivity contribution in [2.45, 2.75) is 31.8 Å². The first-order chi connectivity index (χ1) is 18.2. The summed E-state index contributed by atoms with van der Waals surface area (Å²) in [4.78, 5) is 27.9. The monoisotopic (exact) mass is 554 g/mol. The van der Waals surface area contributed by atoms with Gasteiger partial charge in [0.05, 0.1) is 21.8 Å². The molecule has 1 aliphatic heterocycles. The van der Waals surface area contributed by atoms with E-state index in [1.807, 2.05) is 61.5 Å². The van der Waals surface area contributed by atoms with Crippen molar-refractivity contribution in [2.75, 3.05) is 18.0 Å². The van der Waals surface area contributed by atoms with E-state index in [0.29, 0.717) is 48.0 Å². The molecule has 9 heteroatoms. The third-order valence-corrected chi connectivity index (χ3v) is 6.99. The van der Waals surface area contributed by atoms with E-state index in [9.17, 15) is 9.90 Å². The number of hydrogen-bond acceptors (Lipinski definition) is 5. The summed E-state index contributed by atoms with van der Waals surface area (Å²) in [7, 11) is 1.78. The number of piperidine rings is 1. The van der Waals surface area contributed by atoms with Crippen LogP contribution in [0.4, 0.5) is 5.69 Å². The first-order valence-electron chi connectivity index (χ1n) is 12.2. The smallest absolute Gasteiger partial charge is 0.255 e. The first kappa shape index (κ1) is 29.2. The summed E-state index contributed by atoms with van der Waals surface area (Å²) in [6.07, 6.45) is 3.52. The molecule has 1 aliphatic rings. The van der Waals surface area contributed by atoms with Crippen molar-refractivity contribution in [1.29, 1.82) is 0 Å². The van der Waals surface area contributed by atoms with Crippen LogP contribution >= 0.6 is 23.2 Å². The second-order valence-electron chi connectivity index (χ2n) is 9.15. The Morgan fingerprint density at radius 3 is 2.11 bits per heavy atom. The van der Waals surface area contributed by atoms with Gasteiger partial charge in [-0.1, -0.05) is 59.6 Å². The topological polar surface area (TPSA) is 101 Å². The van der Waals surface area contributed by atoms with Crippen LogP contribution in [0.25, 0.3) is 10.9 Å². The van der Waals surface area contributed by atoms with Gasteiger partial charge in [0.1, 0.15) is 0 Å². The number of carbonyl (C=O) groups is 1. The number of rotatable bonds is 3. The molecule has 3 N–H and O–H groups in total. The maximum Gasteiger partial charge on any atom is 0.255 e. The molecule has 1 saturated heterocycles. The standard InChI is InChI=1S/C22H23Cl2N3O2.C6H6.CH3NO/c1-14-20(18-11-15(23)4-6-19(18)26(2)21(14)28)27-9-7-22(29,8-10-27)12-17-5-3-16(24)13-25-17;1-2-4-6-5-3-1;2-1-3/h3-6,11,13,29H,7-10,12H2,1-2H3;1-6H;1H,(H2,2,3). The summed E-state index contributed by atoms with van der Waals surface area (Å²) in [6, 6.07) is 21.2. The number of carbonyl (C=O) groups excluding carboxylic acids is 1. The van der Waals surface area contributed by atoms with Gasteiger partial charge in [0.2, 0.25) is 6.41 Å². The highest BCUT2D eigenvalue weighted by molar-refractivity contribution is 6.31. The number of pyridine rings is 2. The minimum atomic E-state index is -0.821. The predicted molar refractivity (Wildman–Crippen MR) is 155 cm³/mol. The van der Waals surface area contributed by atoms with Crippen LogP contribution in [0.1, 0.15) is 24.1 Å². The molecule has 2 aromatic heterocycles. The number of nitrogens with zero attached hydrogens (tertiary/aromatic N) is 3. The van der Waals surface area contributed by atoms with Crippen LogP contribution in [0.5, 0.6) is 0 Å². The zero-order chi connectivity index (χ0) is 27.7. The van der Waals surface area contributed by atoms with Gasteiger partial charge < -0.3 is 20.3 Å². The molecular weight excluding hydrogens is 523 g/mol. The number of amides is 1. The first-order valence-corrected chi connectivity index (χ1v) is 13.0. The van der Waals surface area contributed by atoms with E-state index in [0.717, 1.165) is 22.3 Å². The van der Waals surface area contributed by atoms with Gasteiger partial charge in [-0.15, -0.1) is 0 Å². The SMILES string of the molecule is Cc1c(N2CCC(O)(Cc3ccc(Cl)cn3)CC2)c2cc(Cl)ccc2n(C)c1=O.NC=O.c1ccccc1. The molecule has 0 saturated carbocycles. The van der Waals surface area contributed by atoms with E-state index in [2.05, 4.69) is 15.6 Å². The fourth-order valence-corrected chi connectivity index (χ4v) is 4.90. The molecule has 7 nitrogen and oxygen atoms in total. The molecule has 0 bridgehead atoms. The molecule has 2 aromatic carbocycles. The molecule has 38 heavy (non-hydrogen) atoms. The van der Waals surface area contributed by atoms with E-state index in [1.54, 1.807) is 29.9 Å². The average Bonchev–Trinajstić information content (AvgIpc) is 2.92. The molecule has 0 aliphatic carbocycles. The highest BCUT2D eigenvalue weighted by atomic mass is 35.5. The fourth-order valence-electron chi connectivity index (χ4n) is 4.62. The number of benzene rings is 2. The zero-order valence-electron chi connectivity index (χ0n) is 21.5. The largest absolute Gasteiger partial charge is 0.389 e. The molecule has 3 heterocycles. The Morgan fingerprint density at radius 1 is 1.03 bits per heavy atom. The van der Waals surface area contributed by atoms with Crippen LogP contribution in [0.15, 0.2) is 77.7 Å². The maximum atomic E-state index is 12.8. The number of halogens is 2. The lowest BCUT2D eigenvalue weighted by Gasteiger charge is -2.40. The number of aromatic nitrogens is 2. The minimum Gasteiger partial charge on any atom is -0.389 e. The molecule has 0 unspecified atom stereocenters. The van der Waals surface area contributed by atoms with Crippen LogP contribution in [-0.2, 0) is 18.3 Å². The van der Waals surface area contributed by atoms with Crippen molar-refractivity contribution in [1.82, 2.24) is 9.55 Å². The molecule has 0 radical (unpaired) electrons. The highest BCUT2D eigenvalue weighted by Gasteiger charge is 2.34. The minimum absolute atomic E-state index is 0.0129. The summed E-state index contributed by atoms with van der Waals surface area (Å²) in [5, 5.41) is 13.3. The molecule has 1 amide bonds. The van der Waals surface area contributed by atoms with Gasteiger partial charge in [-0.3, -0.25) is 14.6 Å². The molecule has 5 rings (SSSR count). The Kier molecular flexibility index (Phi) is 10.3. The van der Waals surface area contributed by atoms with Crippen molar-refractivity contribution < 1.29 is 9.90 Å².